The quantitative estimate of drug-likeness (QED) is 0.623. The van der Waals surface area contributed by atoms with Gasteiger partial charge in [0.25, 0.3) is 0 Å². The zero-order valence-corrected chi connectivity index (χ0v) is 18.8. The fourth-order valence-corrected chi connectivity index (χ4v) is 5.50. The number of nitrogens with one attached hydrogen (secondary N) is 1. The van der Waals surface area contributed by atoms with Gasteiger partial charge >= 0.3 is 0 Å². The summed E-state index contributed by atoms with van der Waals surface area (Å²) in [6, 6.07) is 10.6. The first-order valence-electron chi connectivity index (χ1n) is 9.93. The molecule has 1 atom stereocenters. The number of piperidine rings is 1. The van der Waals surface area contributed by atoms with Gasteiger partial charge in [0.15, 0.2) is 0 Å². The third-order valence-electron chi connectivity index (χ3n) is 5.00. The number of rotatable bonds is 8. The average molecular weight is 450 g/mol. The van der Waals surface area contributed by atoms with E-state index >= 15 is 0 Å². The highest BCUT2D eigenvalue weighted by Crippen LogP contribution is 2.25. The van der Waals surface area contributed by atoms with Gasteiger partial charge in [0.05, 0.1) is 23.9 Å². The van der Waals surface area contributed by atoms with Gasteiger partial charge in [0.1, 0.15) is 10.6 Å². The van der Waals surface area contributed by atoms with E-state index in [1.165, 1.54) is 22.3 Å². The number of hydrogen-bond donors (Lipinski definition) is 1. The summed E-state index contributed by atoms with van der Waals surface area (Å²) >= 11 is 1.27. The van der Waals surface area contributed by atoms with Crippen molar-refractivity contribution in [2.75, 3.05) is 26.0 Å². The van der Waals surface area contributed by atoms with E-state index in [-0.39, 0.29) is 22.6 Å². The maximum atomic E-state index is 12.7. The van der Waals surface area contributed by atoms with Crippen LogP contribution in [0.3, 0.4) is 0 Å². The summed E-state index contributed by atoms with van der Waals surface area (Å²) < 4.78 is 32.2. The van der Waals surface area contributed by atoms with E-state index in [0.29, 0.717) is 18.1 Å². The molecule has 3 rings (SSSR count). The van der Waals surface area contributed by atoms with Gasteiger partial charge in [-0.15, -0.1) is 0 Å². The first-order chi connectivity index (χ1) is 14.4. The van der Waals surface area contributed by atoms with E-state index in [9.17, 15) is 13.2 Å². The van der Waals surface area contributed by atoms with Crippen molar-refractivity contribution < 1.29 is 17.9 Å². The molecule has 0 saturated carbocycles. The molecule has 1 aliphatic heterocycles. The molecule has 30 heavy (non-hydrogen) atoms. The van der Waals surface area contributed by atoms with Gasteiger partial charge in [-0.05, 0) is 38.0 Å². The van der Waals surface area contributed by atoms with Crippen LogP contribution in [-0.4, -0.2) is 49.6 Å². The van der Waals surface area contributed by atoms with Gasteiger partial charge < -0.3 is 10.1 Å². The zero-order chi connectivity index (χ0) is 21.6. The van der Waals surface area contributed by atoms with Crippen molar-refractivity contribution in [1.82, 2.24) is 14.6 Å². The Morgan fingerprint density at radius 3 is 2.60 bits per heavy atom. The van der Waals surface area contributed by atoms with Crippen LogP contribution >= 0.6 is 11.8 Å². The molecule has 1 aromatic heterocycles. The fraction of sp³-hybridized carbons (Fsp3) is 0.429. The average Bonchev–Trinajstić information content (AvgIpc) is 2.78. The first-order valence-corrected chi connectivity index (χ1v) is 12.4. The highest BCUT2D eigenvalue weighted by atomic mass is 32.2. The van der Waals surface area contributed by atoms with Crippen LogP contribution in [0.25, 0.3) is 0 Å². The van der Waals surface area contributed by atoms with E-state index < -0.39 is 10.0 Å². The maximum Gasteiger partial charge on any atom is 0.244 e. The molecule has 1 aliphatic rings. The van der Waals surface area contributed by atoms with Crippen molar-refractivity contribution in [2.24, 2.45) is 0 Å². The first kappa shape index (κ1) is 22.6. The van der Waals surface area contributed by atoms with Crippen LogP contribution in [0.4, 0.5) is 0 Å². The molecule has 1 amide bonds. The third-order valence-corrected chi connectivity index (χ3v) is 7.82. The van der Waals surface area contributed by atoms with Crippen molar-refractivity contribution in [3.63, 3.8) is 0 Å². The minimum absolute atomic E-state index is 0.134. The van der Waals surface area contributed by atoms with Gasteiger partial charge in [-0.1, -0.05) is 36.4 Å². The van der Waals surface area contributed by atoms with Gasteiger partial charge in [-0.25, -0.2) is 13.4 Å². The molecule has 9 heteroatoms. The zero-order valence-electron chi connectivity index (χ0n) is 17.2. The van der Waals surface area contributed by atoms with Crippen molar-refractivity contribution in [3.8, 4) is 5.75 Å². The number of aromatic nitrogens is 1. The Hall–Kier alpha value is -2.10. The minimum Gasteiger partial charge on any atom is -0.496 e. The number of pyridine rings is 1. The third kappa shape index (κ3) is 5.53. The second kappa shape index (κ2) is 10.3. The normalized spacial score (nSPS) is 16.1. The number of benzene rings is 1. The molecule has 7 nitrogen and oxygen atoms in total. The summed E-state index contributed by atoms with van der Waals surface area (Å²) in [6.45, 7) is 3.02. The summed E-state index contributed by atoms with van der Waals surface area (Å²) in [5.41, 5.74) is 0.906. The van der Waals surface area contributed by atoms with Crippen LogP contribution in [0.1, 0.15) is 37.8 Å². The van der Waals surface area contributed by atoms with Crippen LogP contribution in [0.2, 0.25) is 0 Å². The van der Waals surface area contributed by atoms with Gasteiger partial charge in [0, 0.05) is 24.8 Å². The largest absolute Gasteiger partial charge is 0.496 e. The molecular weight excluding hydrogens is 422 g/mol. The lowest BCUT2D eigenvalue weighted by molar-refractivity contribution is -0.119. The van der Waals surface area contributed by atoms with Gasteiger partial charge in [0.2, 0.25) is 15.9 Å². The summed E-state index contributed by atoms with van der Waals surface area (Å²) in [6.07, 6.45) is 4.23. The maximum absolute atomic E-state index is 12.7. The van der Waals surface area contributed by atoms with Crippen molar-refractivity contribution in [2.45, 2.75) is 42.1 Å². The number of sulfonamides is 1. The number of thioether (sulfide) groups is 1. The topological polar surface area (TPSA) is 88.6 Å². The van der Waals surface area contributed by atoms with Crippen molar-refractivity contribution in [3.05, 3.63) is 48.2 Å². The number of ether oxygens (including phenoxy) is 1. The van der Waals surface area contributed by atoms with E-state index in [1.807, 2.05) is 31.2 Å². The summed E-state index contributed by atoms with van der Waals surface area (Å²) in [4.78, 5) is 16.8. The van der Waals surface area contributed by atoms with Crippen LogP contribution in [0.15, 0.2) is 52.5 Å². The molecule has 1 N–H and O–H groups in total. The summed E-state index contributed by atoms with van der Waals surface area (Å²) in [5, 5.41) is 3.55. The van der Waals surface area contributed by atoms with Crippen LogP contribution in [0, 0.1) is 0 Å². The lowest BCUT2D eigenvalue weighted by Crippen LogP contribution is -2.35. The van der Waals surface area contributed by atoms with Gasteiger partial charge in [-0.3, -0.25) is 4.79 Å². The summed E-state index contributed by atoms with van der Waals surface area (Å²) in [7, 11) is -1.89. The number of carbonyl (C=O) groups is 1. The monoisotopic (exact) mass is 449 g/mol. The number of amides is 1. The Morgan fingerprint density at radius 2 is 1.93 bits per heavy atom. The lowest BCUT2D eigenvalue weighted by Gasteiger charge is -2.25. The smallest absolute Gasteiger partial charge is 0.244 e. The van der Waals surface area contributed by atoms with E-state index in [1.54, 1.807) is 19.2 Å². The Balaban J connectivity index is 1.55. The van der Waals surface area contributed by atoms with E-state index in [4.69, 9.17) is 4.74 Å². The Kier molecular flexibility index (Phi) is 7.74. The Bertz CT molecular complexity index is 958. The molecule has 0 radical (unpaired) electrons. The molecule has 1 unspecified atom stereocenters. The molecule has 0 aliphatic carbocycles. The predicted octanol–water partition coefficient (Wildman–Crippen LogP) is 3.23. The highest BCUT2D eigenvalue weighted by molar-refractivity contribution is 7.99. The molecule has 162 valence electrons. The van der Waals surface area contributed by atoms with Crippen LogP contribution in [0.5, 0.6) is 5.75 Å². The standard InChI is InChI=1S/C21H27N3O4S2/c1-16(18-8-4-5-9-19(18)28-2)23-20(25)15-29-21-11-10-17(14-22-21)30(26,27)24-12-6-3-7-13-24/h4-5,8-11,14,16H,3,6-7,12-13,15H2,1-2H3,(H,23,25). The number of para-hydroxylation sites is 1. The predicted molar refractivity (Wildman–Crippen MR) is 117 cm³/mol. The van der Waals surface area contributed by atoms with Crippen LogP contribution in [-0.2, 0) is 14.8 Å². The number of nitrogens with zero attached hydrogens (tertiary/aromatic N) is 2. The second-order valence-corrected chi connectivity index (χ2v) is 10.1. The SMILES string of the molecule is COc1ccccc1C(C)NC(=O)CSc1ccc(S(=O)(=O)N2CCCCC2)cn1. The molecule has 1 saturated heterocycles. The van der Waals surface area contributed by atoms with E-state index in [0.717, 1.165) is 30.6 Å². The number of hydrogen-bond acceptors (Lipinski definition) is 6. The highest BCUT2D eigenvalue weighted by Gasteiger charge is 2.26. The summed E-state index contributed by atoms with van der Waals surface area (Å²) in [5.74, 6) is 0.778. The Labute approximate surface area is 182 Å². The molecular formula is C21H27N3O4S2. The molecule has 0 spiro atoms. The number of carbonyl (C=O) groups excluding carboxylic acids is 1. The minimum atomic E-state index is -3.49. The van der Waals surface area contributed by atoms with Crippen molar-refractivity contribution in [1.29, 1.82) is 0 Å². The second-order valence-electron chi connectivity index (χ2n) is 7.12. The Morgan fingerprint density at radius 1 is 1.20 bits per heavy atom. The molecule has 1 aromatic carbocycles. The molecule has 2 heterocycles. The fourth-order valence-electron chi connectivity index (χ4n) is 3.38. The van der Waals surface area contributed by atoms with Crippen molar-refractivity contribution >= 4 is 27.7 Å². The van der Waals surface area contributed by atoms with E-state index in [2.05, 4.69) is 10.3 Å². The molecule has 1 fully saturated rings. The van der Waals surface area contributed by atoms with Gasteiger partial charge in [-0.2, -0.15) is 4.31 Å². The van der Waals surface area contributed by atoms with Crippen LogP contribution < -0.4 is 10.1 Å². The molecule has 2 aromatic rings. The molecule has 0 bridgehead atoms. The number of methoxy groups -OCH3 is 1. The lowest BCUT2D eigenvalue weighted by atomic mass is 10.1.